The first kappa shape index (κ1) is 10.5. The molecule has 0 aliphatic carbocycles. The van der Waals surface area contributed by atoms with Gasteiger partial charge in [-0.05, 0) is 25.3 Å². The molecule has 1 aromatic heterocycles. The van der Waals surface area contributed by atoms with E-state index in [9.17, 15) is 0 Å². The van der Waals surface area contributed by atoms with Crippen LogP contribution in [0.2, 0.25) is 0 Å². The van der Waals surface area contributed by atoms with E-state index in [1.165, 1.54) is 6.42 Å². The Bertz CT molecular complexity index is 270. The summed E-state index contributed by atoms with van der Waals surface area (Å²) in [6, 6.07) is 2.52. The molecule has 0 spiro atoms. The fourth-order valence-corrected chi connectivity index (χ4v) is 1.78. The third kappa shape index (κ3) is 3.57. The minimum Gasteiger partial charge on any atom is -0.381 e. The van der Waals surface area contributed by atoms with Crippen molar-refractivity contribution in [2.45, 2.75) is 31.8 Å². The van der Waals surface area contributed by atoms with Crippen LogP contribution < -0.4 is 5.32 Å². The zero-order valence-electron chi connectivity index (χ0n) is 8.85. The van der Waals surface area contributed by atoms with Crippen LogP contribution in [-0.4, -0.2) is 29.2 Å². The fraction of sp³-hybridized carbons (Fsp3) is 0.636. The summed E-state index contributed by atoms with van der Waals surface area (Å²) in [6.07, 6.45) is 6.82. The second kappa shape index (κ2) is 5.78. The zero-order valence-corrected chi connectivity index (χ0v) is 8.85. The zero-order chi connectivity index (χ0) is 10.3. The van der Waals surface area contributed by atoms with Crippen LogP contribution in [0.5, 0.6) is 0 Å². The van der Waals surface area contributed by atoms with Gasteiger partial charge in [0.1, 0.15) is 6.33 Å². The summed E-state index contributed by atoms with van der Waals surface area (Å²) in [4.78, 5) is 8.08. The highest BCUT2D eigenvalue weighted by atomic mass is 16.5. The lowest BCUT2D eigenvalue weighted by Gasteiger charge is -2.14. The van der Waals surface area contributed by atoms with Crippen LogP contribution in [0.1, 0.15) is 25.0 Å². The minimum absolute atomic E-state index is 0.572. The normalized spacial score (nSPS) is 22.3. The van der Waals surface area contributed by atoms with Crippen molar-refractivity contribution in [1.82, 2.24) is 15.3 Å². The van der Waals surface area contributed by atoms with Crippen molar-refractivity contribution in [2.24, 2.45) is 0 Å². The van der Waals surface area contributed by atoms with Gasteiger partial charge < -0.3 is 10.1 Å². The molecule has 15 heavy (non-hydrogen) atoms. The van der Waals surface area contributed by atoms with Gasteiger partial charge in [-0.15, -0.1) is 0 Å². The van der Waals surface area contributed by atoms with Crippen LogP contribution in [0.4, 0.5) is 0 Å². The van der Waals surface area contributed by atoms with Crippen molar-refractivity contribution in [3.8, 4) is 0 Å². The van der Waals surface area contributed by atoms with Crippen molar-refractivity contribution in [3.63, 3.8) is 0 Å². The quantitative estimate of drug-likeness (QED) is 0.807. The molecule has 1 fully saturated rings. The summed E-state index contributed by atoms with van der Waals surface area (Å²) in [6.45, 7) is 2.61. The predicted molar refractivity (Wildman–Crippen MR) is 57.3 cm³/mol. The average Bonchev–Trinajstić information content (AvgIpc) is 2.56. The summed E-state index contributed by atoms with van der Waals surface area (Å²) in [5.41, 5.74) is 1.05. The second-order valence-corrected chi connectivity index (χ2v) is 3.82. The minimum atomic E-state index is 0.572. The molecule has 1 atom stereocenters. The third-order valence-electron chi connectivity index (χ3n) is 2.67. The summed E-state index contributed by atoms with van der Waals surface area (Å²) in [5, 5.41) is 3.51. The average molecular weight is 207 g/mol. The Morgan fingerprint density at radius 3 is 3.27 bits per heavy atom. The lowest BCUT2D eigenvalue weighted by molar-refractivity contribution is 0.142. The van der Waals surface area contributed by atoms with Gasteiger partial charge in [-0.1, -0.05) is 0 Å². The van der Waals surface area contributed by atoms with E-state index in [1.54, 1.807) is 12.5 Å². The lowest BCUT2D eigenvalue weighted by Crippen LogP contribution is -2.29. The van der Waals surface area contributed by atoms with Crippen LogP contribution in [0, 0.1) is 0 Å². The van der Waals surface area contributed by atoms with Crippen LogP contribution >= 0.6 is 0 Å². The molecule has 0 radical (unpaired) electrons. The number of nitrogens with one attached hydrogen (secondary N) is 1. The molecular formula is C11H17N3O. The number of rotatable bonds is 3. The molecule has 1 saturated heterocycles. The molecule has 0 saturated carbocycles. The van der Waals surface area contributed by atoms with Crippen LogP contribution in [0.3, 0.4) is 0 Å². The fourth-order valence-electron chi connectivity index (χ4n) is 1.78. The molecule has 1 aromatic rings. The van der Waals surface area contributed by atoms with Crippen LogP contribution in [0.25, 0.3) is 0 Å². The highest BCUT2D eigenvalue weighted by molar-refractivity contribution is 4.97. The molecule has 2 heterocycles. The topological polar surface area (TPSA) is 47.0 Å². The molecule has 1 aliphatic heterocycles. The van der Waals surface area contributed by atoms with Crippen molar-refractivity contribution in [3.05, 3.63) is 24.3 Å². The number of aromatic nitrogens is 2. The van der Waals surface area contributed by atoms with E-state index in [4.69, 9.17) is 4.74 Å². The standard InChI is InChI=1S/C11H17N3O/c1-2-10(4-7-15-6-1)13-8-11-3-5-12-9-14-11/h3,5,9-10,13H,1-2,4,6-8H2. The highest BCUT2D eigenvalue weighted by Gasteiger charge is 2.11. The Morgan fingerprint density at radius 1 is 1.40 bits per heavy atom. The number of hydrogen-bond acceptors (Lipinski definition) is 4. The Morgan fingerprint density at radius 2 is 2.40 bits per heavy atom. The predicted octanol–water partition coefficient (Wildman–Crippen LogP) is 1.14. The molecule has 82 valence electrons. The Hall–Kier alpha value is -1.00. The Balaban J connectivity index is 1.77. The van der Waals surface area contributed by atoms with Gasteiger partial charge in [-0.2, -0.15) is 0 Å². The molecule has 2 rings (SSSR count). The van der Waals surface area contributed by atoms with E-state index in [1.807, 2.05) is 6.07 Å². The monoisotopic (exact) mass is 207 g/mol. The van der Waals surface area contributed by atoms with Crippen molar-refractivity contribution in [1.29, 1.82) is 0 Å². The number of ether oxygens (including phenoxy) is 1. The van der Waals surface area contributed by atoms with Gasteiger partial charge in [0.2, 0.25) is 0 Å². The number of hydrogen-bond donors (Lipinski definition) is 1. The molecule has 1 N–H and O–H groups in total. The first-order valence-corrected chi connectivity index (χ1v) is 5.51. The van der Waals surface area contributed by atoms with E-state index >= 15 is 0 Å². The smallest absolute Gasteiger partial charge is 0.115 e. The molecule has 0 amide bonds. The molecule has 4 heteroatoms. The third-order valence-corrected chi connectivity index (χ3v) is 2.67. The van der Waals surface area contributed by atoms with E-state index in [2.05, 4.69) is 15.3 Å². The summed E-state index contributed by atoms with van der Waals surface area (Å²) in [7, 11) is 0. The van der Waals surface area contributed by atoms with E-state index in [0.717, 1.165) is 38.3 Å². The largest absolute Gasteiger partial charge is 0.381 e. The molecule has 1 aliphatic rings. The van der Waals surface area contributed by atoms with Gasteiger partial charge in [-0.3, -0.25) is 0 Å². The number of nitrogens with zero attached hydrogens (tertiary/aromatic N) is 2. The van der Waals surface area contributed by atoms with Crippen LogP contribution in [0.15, 0.2) is 18.6 Å². The highest BCUT2D eigenvalue weighted by Crippen LogP contribution is 2.08. The van der Waals surface area contributed by atoms with Gasteiger partial charge in [0.15, 0.2) is 0 Å². The maximum absolute atomic E-state index is 5.41. The summed E-state index contributed by atoms with van der Waals surface area (Å²) < 4.78 is 5.41. The van der Waals surface area contributed by atoms with Gasteiger partial charge in [0.05, 0.1) is 5.69 Å². The lowest BCUT2D eigenvalue weighted by atomic mass is 10.1. The van der Waals surface area contributed by atoms with E-state index < -0.39 is 0 Å². The summed E-state index contributed by atoms with van der Waals surface area (Å²) >= 11 is 0. The van der Waals surface area contributed by atoms with Gasteiger partial charge >= 0.3 is 0 Å². The van der Waals surface area contributed by atoms with Crippen molar-refractivity contribution in [2.75, 3.05) is 13.2 Å². The Kier molecular flexibility index (Phi) is 4.05. The maximum atomic E-state index is 5.41. The first-order valence-electron chi connectivity index (χ1n) is 5.51. The first-order chi connectivity index (χ1) is 7.45. The van der Waals surface area contributed by atoms with Gasteiger partial charge in [0.25, 0.3) is 0 Å². The molecule has 0 bridgehead atoms. The maximum Gasteiger partial charge on any atom is 0.115 e. The SMILES string of the molecule is c1cc(CNC2CCCOCC2)ncn1. The Labute approximate surface area is 90.1 Å². The van der Waals surface area contributed by atoms with Crippen molar-refractivity contribution >= 4 is 0 Å². The molecular weight excluding hydrogens is 190 g/mol. The van der Waals surface area contributed by atoms with E-state index in [0.29, 0.717) is 6.04 Å². The molecule has 0 aromatic carbocycles. The summed E-state index contributed by atoms with van der Waals surface area (Å²) in [5.74, 6) is 0. The van der Waals surface area contributed by atoms with Gasteiger partial charge in [-0.25, -0.2) is 9.97 Å². The molecule has 4 nitrogen and oxygen atoms in total. The van der Waals surface area contributed by atoms with Crippen LogP contribution in [-0.2, 0) is 11.3 Å². The van der Waals surface area contributed by atoms with Gasteiger partial charge in [0, 0.05) is 32.0 Å². The van der Waals surface area contributed by atoms with Crippen molar-refractivity contribution < 1.29 is 4.74 Å². The second-order valence-electron chi connectivity index (χ2n) is 3.82. The molecule has 1 unspecified atom stereocenters. The van der Waals surface area contributed by atoms with E-state index in [-0.39, 0.29) is 0 Å².